The molecule has 0 spiro atoms. The van der Waals surface area contributed by atoms with Gasteiger partial charge in [0.05, 0.1) is 0 Å². The molecule has 7 heteroatoms. The number of rotatable bonds is 3. The molecule has 6 nitrogen and oxygen atoms in total. The van der Waals surface area contributed by atoms with E-state index < -0.39 is 26.7 Å². The van der Waals surface area contributed by atoms with Gasteiger partial charge in [-0.05, 0) is 0 Å². The van der Waals surface area contributed by atoms with Crippen molar-refractivity contribution in [2.45, 2.75) is 24.9 Å². The molecule has 3 heterocycles. The monoisotopic (exact) mass is 440 g/mol. The van der Waals surface area contributed by atoms with Gasteiger partial charge in [-0.2, -0.15) is 0 Å². The van der Waals surface area contributed by atoms with Crippen LogP contribution in [-0.4, -0.2) is 43.7 Å². The summed E-state index contributed by atoms with van der Waals surface area (Å²) in [6.45, 7) is 2.52. The molecule has 3 aliphatic rings. The molecule has 4 rings (SSSR count). The Labute approximate surface area is 150 Å². The van der Waals surface area contributed by atoms with Crippen LogP contribution in [0.15, 0.2) is 24.3 Å². The van der Waals surface area contributed by atoms with Crippen molar-refractivity contribution in [2.24, 2.45) is 5.92 Å². The van der Waals surface area contributed by atoms with Crippen molar-refractivity contribution < 1.29 is 35.6 Å². The molecular weight excluding hydrogens is 421 g/mol. The molecule has 2 saturated heterocycles. The Kier molecular flexibility index (Phi) is 4.07. The van der Waals surface area contributed by atoms with Crippen LogP contribution in [0.5, 0.6) is 0 Å². The number of nitrogens with one attached hydrogen (secondary N) is 2. The molecule has 2 fully saturated rings. The van der Waals surface area contributed by atoms with Gasteiger partial charge in [0, 0.05) is 0 Å². The van der Waals surface area contributed by atoms with Crippen molar-refractivity contribution in [3.63, 3.8) is 0 Å². The number of hydrogen-bond acceptors (Lipinski definition) is 4. The van der Waals surface area contributed by atoms with Gasteiger partial charge in [-0.25, -0.2) is 0 Å². The van der Waals surface area contributed by atoms with Crippen LogP contribution in [0, 0.1) is 5.92 Å². The van der Waals surface area contributed by atoms with E-state index in [0.29, 0.717) is 18.7 Å². The van der Waals surface area contributed by atoms with Crippen LogP contribution in [0.1, 0.15) is 28.8 Å². The van der Waals surface area contributed by atoms with Crippen LogP contribution in [0.4, 0.5) is 4.79 Å². The summed E-state index contributed by atoms with van der Waals surface area (Å²) in [7, 11) is 0. The molecule has 0 aliphatic carbocycles. The van der Waals surface area contributed by atoms with Crippen molar-refractivity contribution in [2.75, 3.05) is 19.6 Å². The second-order valence-electron chi connectivity index (χ2n) is 6.58. The van der Waals surface area contributed by atoms with E-state index in [1.807, 2.05) is 24.3 Å². The number of hydrogen-bond donors (Lipinski definition) is 2. The van der Waals surface area contributed by atoms with Crippen molar-refractivity contribution in [3.8, 4) is 0 Å². The fraction of sp³-hybridized carbons (Fsp3) is 0.471. The summed E-state index contributed by atoms with van der Waals surface area (Å²) in [5, 5.41) is 6.30. The summed E-state index contributed by atoms with van der Waals surface area (Å²) in [4.78, 5) is 39.2. The average Bonchev–Trinajstić information content (AvgIpc) is 3.06. The molecule has 1 aromatic rings. The van der Waals surface area contributed by atoms with E-state index in [1.165, 1.54) is 0 Å². The number of fused-ring (bicyclic) bond motifs is 1. The maximum absolute atomic E-state index is 12.8. The van der Waals surface area contributed by atoms with Crippen LogP contribution < -0.4 is 31.8 Å². The first-order valence-electron chi connectivity index (χ1n) is 8.19. The summed E-state index contributed by atoms with van der Waals surface area (Å²) >= 11 is -1.14. The fourth-order valence-electron chi connectivity index (χ4n) is 3.96. The van der Waals surface area contributed by atoms with E-state index >= 15 is 0 Å². The Hall–Kier alpha value is -1.48. The minimum absolute atomic E-state index is 0.0361. The fourth-order valence-corrected chi connectivity index (χ4v) is 6.25. The number of halogens is 1. The third-order valence-corrected chi connectivity index (χ3v) is 7.43. The quantitative estimate of drug-likeness (QED) is 0.316. The minimum atomic E-state index is -1.14. The second-order valence-corrected chi connectivity index (χ2v) is 9.08. The molecule has 0 aromatic heterocycles. The summed E-state index contributed by atoms with van der Waals surface area (Å²) in [6.07, 6.45) is 1.70. The second kappa shape index (κ2) is 6.11. The van der Waals surface area contributed by atoms with Gasteiger partial charge >= 0.3 is 151 Å². The van der Waals surface area contributed by atoms with E-state index in [1.54, 1.807) is 4.90 Å². The predicted molar refractivity (Wildman–Crippen MR) is 83.0 cm³/mol. The van der Waals surface area contributed by atoms with E-state index in [4.69, 9.17) is 0 Å². The van der Waals surface area contributed by atoms with Crippen LogP contribution in [0.3, 0.4) is 0 Å². The van der Waals surface area contributed by atoms with Gasteiger partial charge in [0.1, 0.15) is 0 Å². The van der Waals surface area contributed by atoms with Crippen LogP contribution >= 0.6 is 0 Å². The molecule has 2 amide bonds. The molecule has 0 bridgehead atoms. The van der Waals surface area contributed by atoms with Gasteiger partial charge < -0.3 is 0 Å². The zero-order chi connectivity index (χ0) is 16.7. The SMILES string of the molecule is O=C1NC(CN2Cc3ccccc3C2=O)(C2CCNCC2)C(=O)[I-]1. The van der Waals surface area contributed by atoms with Gasteiger partial charge in [-0.1, -0.05) is 0 Å². The molecule has 2 N–H and O–H groups in total. The molecule has 1 aromatic carbocycles. The third kappa shape index (κ3) is 2.54. The maximum atomic E-state index is 12.8. The predicted octanol–water partition coefficient (Wildman–Crippen LogP) is -2.28. The van der Waals surface area contributed by atoms with Crippen molar-refractivity contribution in [1.29, 1.82) is 0 Å². The summed E-state index contributed by atoms with van der Waals surface area (Å²) < 4.78 is -0.0663. The van der Waals surface area contributed by atoms with Gasteiger partial charge in [0.2, 0.25) is 0 Å². The number of piperidine rings is 1. The molecular formula is C17H19IN3O3-. The summed E-state index contributed by atoms with van der Waals surface area (Å²) in [6, 6.07) is 7.56. The van der Waals surface area contributed by atoms with Gasteiger partial charge in [-0.15, -0.1) is 0 Å². The van der Waals surface area contributed by atoms with E-state index in [2.05, 4.69) is 10.6 Å². The van der Waals surface area contributed by atoms with Crippen molar-refractivity contribution >= 4 is 13.6 Å². The standard InChI is InChI=1S/C17H19IN3O3/c22-14-13-4-2-1-3-11(13)9-21(14)10-17(12-5-7-19-8-6-12)15(23)18-16(24)20-17/h1-4,12,19H,5-10H2,(H,20,24)/q-1. The van der Waals surface area contributed by atoms with Crippen LogP contribution in [-0.2, 0) is 11.3 Å². The first kappa shape index (κ1) is 16.0. The number of amides is 2. The number of carbonyl (C=O) groups excluding carboxylic acids is 3. The molecule has 1 atom stereocenters. The first-order chi connectivity index (χ1) is 11.6. The molecule has 1 unspecified atom stereocenters. The van der Waals surface area contributed by atoms with Crippen molar-refractivity contribution in [3.05, 3.63) is 35.4 Å². The zero-order valence-electron chi connectivity index (χ0n) is 13.2. The van der Waals surface area contributed by atoms with Crippen LogP contribution in [0.2, 0.25) is 0 Å². The van der Waals surface area contributed by atoms with E-state index in [-0.39, 0.29) is 19.5 Å². The average molecular weight is 440 g/mol. The Morgan fingerprint density at radius 3 is 2.58 bits per heavy atom. The first-order valence-corrected chi connectivity index (χ1v) is 10.4. The van der Waals surface area contributed by atoms with E-state index in [9.17, 15) is 14.4 Å². The molecule has 128 valence electrons. The third-order valence-electron chi connectivity index (χ3n) is 5.22. The topological polar surface area (TPSA) is 78.5 Å². The Bertz CT molecular complexity index is 717. The number of carbonyl (C=O) groups is 3. The number of nitrogens with zero attached hydrogens (tertiary/aromatic N) is 1. The van der Waals surface area contributed by atoms with Gasteiger partial charge in [0.15, 0.2) is 0 Å². The van der Waals surface area contributed by atoms with Crippen molar-refractivity contribution in [1.82, 2.24) is 15.5 Å². The molecule has 0 radical (unpaired) electrons. The van der Waals surface area contributed by atoms with E-state index in [0.717, 1.165) is 31.5 Å². The van der Waals surface area contributed by atoms with Gasteiger partial charge in [-0.3, -0.25) is 0 Å². The summed E-state index contributed by atoms with van der Waals surface area (Å²) in [5.74, 6) is 0.0694. The Morgan fingerprint density at radius 2 is 1.92 bits per heavy atom. The Morgan fingerprint density at radius 1 is 1.17 bits per heavy atom. The Balaban J connectivity index is 1.63. The zero-order valence-corrected chi connectivity index (χ0v) is 15.3. The molecule has 0 saturated carbocycles. The molecule has 3 aliphatic heterocycles. The number of benzene rings is 1. The summed E-state index contributed by atoms with van der Waals surface area (Å²) in [5.41, 5.74) is 0.836. The normalized spacial score (nSPS) is 27.8. The van der Waals surface area contributed by atoms with Gasteiger partial charge in [0.25, 0.3) is 0 Å². The van der Waals surface area contributed by atoms with Crippen LogP contribution in [0.25, 0.3) is 0 Å². The molecule has 24 heavy (non-hydrogen) atoms.